The Morgan fingerprint density at radius 1 is 0.309 bits per heavy atom. The number of nitrogens with one attached hydrogen (secondary N) is 5. The first kappa shape index (κ1) is 102. The molecule has 5 heterocycles. The average molecular weight is 1690 g/mol. The lowest BCUT2D eigenvalue weighted by atomic mass is 9.83. The van der Waals surface area contributed by atoms with E-state index in [1.807, 2.05) is 116 Å². The van der Waals surface area contributed by atoms with Gasteiger partial charge in [0.25, 0.3) is 0 Å². The summed E-state index contributed by atoms with van der Waals surface area (Å²) >= 11 is 0. The highest BCUT2D eigenvalue weighted by Gasteiger charge is 2.34. The van der Waals surface area contributed by atoms with Crippen LogP contribution in [0.25, 0.3) is 56.2 Å². The molecule has 0 aliphatic carbocycles. The molecule has 0 amide bonds. The predicted octanol–water partition coefficient (Wildman–Crippen LogP) is 25.1. The van der Waals surface area contributed by atoms with Crippen LogP contribution in [0.5, 0.6) is 28.7 Å². The molecule has 0 spiro atoms. The van der Waals surface area contributed by atoms with Crippen LogP contribution in [-0.2, 0) is 66.0 Å². The van der Waals surface area contributed by atoms with Gasteiger partial charge < -0.3 is 52.1 Å². The van der Waals surface area contributed by atoms with Crippen molar-refractivity contribution >= 4 is 0 Å². The van der Waals surface area contributed by atoms with Crippen molar-refractivity contribution in [2.45, 2.75) is 315 Å². The normalized spacial score (nSPS) is 12.6. The number of rotatable bonds is 15. The second-order valence-electron chi connectivity index (χ2n) is 42.4. The summed E-state index contributed by atoms with van der Waals surface area (Å²) in [4.78, 5) is 20.8. The smallest absolute Gasteiger partial charge is 0.433 e. The number of benzene rings is 5. The van der Waals surface area contributed by atoms with E-state index in [2.05, 4.69) is 242 Å². The molecule has 0 bridgehead atoms. The number of aromatic nitrogens is 5. The molecular weight excluding hydrogens is 1550 g/mol. The molecule has 10 N–H and O–H groups in total. The summed E-state index contributed by atoms with van der Waals surface area (Å²) < 4.78 is 66.5. The third kappa shape index (κ3) is 31.8. The summed E-state index contributed by atoms with van der Waals surface area (Å²) in [6.45, 7) is 69.8. The van der Waals surface area contributed by atoms with Crippen LogP contribution in [0.2, 0.25) is 0 Å². The van der Waals surface area contributed by atoms with Crippen LogP contribution in [0, 0.1) is 25.5 Å². The van der Waals surface area contributed by atoms with Crippen molar-refractivity contribution in [2.75, 3.05) is 0 Å². The highest BCUT2D eigenvalue weighted by atomic mass is 19.4. The van der Waals surface area contributed by atoms with Crippen molar-refractivity contribution in [3.8, 4) is 84.9 Å². The summed E-state index contributed by atoms with van der Waals surface area (Å²) in [5, 5.41) is 70.9. The molecule has 0 atom stereocenters. The minimum atomic E-state index is -4.54. The number of aromatic hydroxyl groups is 5. The molecule has 20 heteroatoms. The lowest BCUT2D eigenvalue weighted by Gasteiger charge is -2.25. The molecule has 0 unspecified atom stereocenters. The van der Waals surface area contributed by atoms with Crippen LogP contribution in [0.4, 0.5) is 22.0 Å². The highest BCUT2D eigenvalue weighted by Crippen LogP contribution is 2.44. The third-order valence-corrected chi connectivity index (χ3v) is 20.1. The Balaban J connectivity index is 0.000000238. The molecule has 0 aliphatic rings. The summed E-state index contributed by atoms with van der Waals surface area (Å²) in [7, 11) is 0. The SMILES string of the molecule is CC(C)(C)NCc1cc(C(C)(C)C)cc(-c2ccc(F)cn2)c1O.CC(C)(C)NCc1cc(C(C)(C)C)cc(-c2cccc(C(F)(F)F)n2)c1O.CC(C)(C)NCc1cc(C(C)(C)C)cc(-c2ncccc2F)c1O.Cc1ccc(-c2cc(C(C)(C)C)cc(CNC(C)(C)C)c2O)cn1.Cc1ccnc(-c2cc(C(C)(C)C)cc(CNC(C)(C)C)c2O)c1. The molecule has 0 radical (unpaired) electrons. The van der Waals surface area contributed by atoms with Crippen LogP contribution >= 0.6 is 0 Å². The average Bonchev–Trinajstić information content (AvgIpc) is 0.797. The Bertz CT molecular complexity index is 5060. The maximum Gasteiger partial charge on any atom is 0.433 e. The molecule has 15 nitrogen and oxygen atoms in total. The van der Waals surface area contributed by atoms with E-state index in [9.17, 15) is 47.5 Å². The first-order valence-corrected chi connectivity index (χ1v) is 42.3. The monoisotopic (exact) mass is 1690 g/mol. The summed E-state index contributed by atoms with van der Waals surface area (Å²) in [5.41, 5.74) is 15.5. The summed E-state index contributed by atoms with van der Waals surface area (Å²) in [5.74, 6) is 0.0551. The topological polar surface area (TPSA) is 226 Å². The summed E-state index contributed by atoms with van der Waals surface area (Å²) in [6, 6.07) is 37.3. The zero-order valence-corrected chi connectivity index (χ0v) is 79.3. The van der Waals surface area contributed by atoms with Crippen molar-refractivity contribution in [1.82, 2.24) is 51.5 Å². The fourth-order valence-electron chi connectivity index (χ4n) is 12.3. The lowest BCUT2D eigenvalue weighted by Crippen LogP contribution is -2.35. The van der Waals surface area contributed by atoms with Gasteiger partial charge in [0.1, 0.15) is 51.8 Å². The van der Waals surface area contributed by atoms with E-state index in [-0.39, 0.29) is 89.2 Å². The maximum absolute atomic E-state index is 14.2. The van der Waals surface area contributed by atoms with Gasteiger partial charge in [0.15, 0.2) is 0 Å². The largest absolute Gasteiger partial charge is 0.507 e. The first-order chi connectivity index (χ1) is 56.1. The number of pyridine rings is 5. The second-order valence-corrected chi connectivity index (χ2v) is 42.4. The number of halogens is 5. The standard InChI is InChI=1S/C21H27F3N2O.2C21H30N2O.2C20H27FN2O/c1-19(2,3)14-10-13(12-25-20(4,5)6)18(27)15(11-14)16-8-7-9-17(26-16)21(22,23)24;1-14-8-9-15(12-22-14)18-11-17(20(2,3)4)10-16(19(18)24)13-23-21(5,6)7;1-14-8-9-22-18(10-14)17-12-16(20(2,3)4)11-15(19(17)24)13-23-21(5,6)7;1-19(2,3)14-9-13(11-23-20(4,5)6)18(24)16(10-14)17-8-7-15(21)12-22-17;1-19(2,3)14-10-13(12-23-20(4,5)6)18(24)15(11-14)17-16(21)8-7-9-22-17/h7-11,25,27H,12H2,1-6H3;2*8-12,23-24H,13H2,1-7H3;7-10,12,23-24H,11H2,1-6H3;7-11,23-24H,12H2,1-6H3. The molecule has 10 rings (SSSR count). The van der Waals surface area contributed by atoms with Crippen molar-refractivity contribution in [2.24, 2.45) is 0 Å². The van der Waals surface area contributed by atoms with Gasteiger partial charge in [0.2, 0.25) is 0 Å². The van der Waals surface area contributed by atoms with Gasteiger partial charge in [-0.1, -0.05) is 146 Å². The van der Waals surface area contributed by atoms with Gasteiger partial charge in [-0.3, -0.25) is 19.9 Å². The molecule has 10 aromatic rings. The van der Waals surface area contributed by atoms with E-state index in [0.29, 0.717) is 72.2 Å². The Morgan fingerprint density at radius 3 is 0.984 bits per heavy atom. The minimum absolute atomic E-state index is 0.00274. The van der Waals surface area contributed by atoms with E-state index in [4.69, 9.17) is 0 Å². The molecule has 0 aliphatic heterocycles. The Hall–Kier alpha value is -9.70. The number of phenols is 5. The molecule has 5 aromatic carbocycles. The quantitative estimate of drug-likeness (QED) is 0.0431. The first-order valence-electron chi connectivity index (χ1n) is 42.3. The molecule has 668 valence electrons. The Labute approximate surface area is 731 Å². The van der Waals surface area contributed by atoms with Crippen LogP contribution in [0.15, 0.2) is 152 Å². The number of phenolic OH excluding ortho intramolecular Hbond substituents is 5. The Morgan fingerprint density at radius 2 is 0.659 bits per heavy atom. The number of alkyl halides is 3. The van der Waals surface area contributed by atoms with Crippen molar-refractivity contribution in [3.05, 3.63) is 236 Å². The number of hydrogen-bond acceptors (Lipinski definition) is 15. The van der Waals surface area contributed by atoms with Gasteiger partial charge in [0.05, 0.1) is 23.3 Å². The minimum Gasteiger partial charge on any atom is -0.507 e. The zero-order chi connectivity index (χ0) is 93.1. The van der Waals surface area contributed by atoms with Gasteiger partial charge in [-0.2, -0.15) is 13.2 Å². The van der Waals surface area contributed by atoms with E-state index in [0.717, 1.165) is 78.7 Å². The fraction of sp³-hybridized carbons (Fsp3) is 0.466. The number of aryl methyl sites for hydroxylation is 2. The summed E-state index contributed by atoms with van der Waals surface area (Å²) in [6.07, 6.45) is 1.79. The van der Waals surface area contributed by atoms with E-state index in [1.165, 1.54) is 47.8 Å². The maximum atomic E-state index is 14.2. The molecule has 5 aromatic heterocycles. The van der Waals surface area contributed by atoms with Gasteiger partial charge >= 0.3 is 6.18 Å². The fourth-order valence-corrected chi connectivity index (χ4v) is 12.3. The molecule has 0 fully saturated rings. The number of nitrogens with zero attached hydrogens (tertiary/aromatic N) is 5. The van der Waals surface area contributed by atoms with E-state index < -0.39 is 17.7 Å². The number of hydrogen-bond donors (Lipinski definition) is 10. The third-order valence-electron chi connectivity index (χ3n) is 20.1. The lowest BCUT2D eigenvalue weighted by molar-refractivity contribution is -0.141. The van der Waals surface area contributed by atoms with Crippen LogP contribution in [0.1, 0.15) is 280 Å². The van der Waals surface area contributed by atoms with Crippen molar-refractivity contribution in [3.63, 3.8) is 0 Å². The van der Waals surface area contributed by atoms with Crippen LogP contribution in [-0.4, -0.2) is 78.1 Å². The van der Waals surface area contributed by atoms with Crippen LogP contribution < -0.4 is 26.6 Å². The van der Waals surface area contributed by atoms with Crippen molar-refractivity contribution < 1.29 is 47.5 Å². The van der Waals surface area contributed by atoms with Gasteiger partial charge in [-0.25, -0.2) is 13.8 Å². The highest BCUT2D eigenvalue weighted by molar-refractivity contribution is 5.75. The van der Waals surface area contributed by atoms with E-state index >= 15 is 0 Å². The van der Waals surface area contributed by atoms with Crippen molar-refractivity contribution in [1.29, 1.82) is 0 Å². The van der Waals surface area contributed by atoms with Gasteiger partial charge in [-0.15, -0.1) is 0 Å². The molecule has 0 saturated heterocycles. The Kier molecular flexibility index (Phi) is 33.3. The molecule has 0 saturated carbocycles. The molecule has 123 heavy (non-hydrogen) atoms. The van der Waals surface area contributed by atoms with Gasteiger partial charge in [0, 0.05) is 146 Å². The predicted molar refractivity (Wildman–Crippen MR) is 498 cm³/mol. The van der Waals surface area contributed by atoms with Gasteiger partial charge in [-0.05, 0) is 263 Å². The van der Waals surface area contributed by atoms with E-state index in [1.54, 1.807) is 24.4 Å². The van der Waals surface area contributed by atoms with Crippen LogP contribution in [0.3, 0.4) is 0 Å². The zero-order valence-electron chi connectivity index (χ0n) is 79.3. The molecular formula is C103H141F5N10O5. The second kappa shape index (κ2) is 40.1.